The number of aromatic nitrogens is 2. The molecule has 1 aromatic heterocycles. The quantitative estimate of drug-likeness (QED) is 0.477. The van der Waals surface area contributed by atoms with Gasteiger partial charge in [0.05, 0.1) is 10.2 Å². The predicted molar refractivity (Wildman–Crippen MR) is 113 cm³/mol. The smallest absolute Gasteiger partial charge is 0.170 e. The summed E-state index contributed by atoms with van der Waals surface area (Å²) >= 11 is 8.93. The molecule has 0 aliphatic carbocycles. The molecule has 2 N–H and O–H groups in total. The van der Waals surface area contributed by atoms with Crippen LogP contribution in [0.2, 0.25) is 0 Å². The van der Waals surface area contributed by atoms with Crippen molar-refractivity contribution < 1.29 is 0 Å². The van der Waals surface area contributed by atoms with Crippen molar-refractivity contribution >= 4 is 38.9 Å². The van der Waals surface area contributed by atoms with Gasteiger partial charge in [0.25, 0.3) is 0 Å². The van der Waals surface area contributed by atoms with Crippen LogP contribution < -0.4 is 10.6 Å². The summed E-state index contributed by atoms with van der Waals surface area (Å²) < 4.78 is 3.13. The molecule has 2 rings (SSSR count). The lowest BCUT2D eigenvalue weighted by Gasteiger charge is -2.13. The molecule has 1 atom stereocenters. The van der Waals surface area contributed by atoms with Crippen molar-refractivity contribution in [2.24, 2.45) is 0 Å². The number of anilines is 1. The second-order valence-corrected chi connectivity index (χ2v) is 7.57. The van der Waals surface area contributed by atoms with Gasteiger partial charge in [-0.3, -0.25) is 4.68 Å². The lowest BCUT2D eigenvalue weighted by Crippen LogP contribution is -2.29. The minimum atomic E-state index is 0.591. The third-order valence-electron chi connectivity index (χ3n) is 4.48. The number of aryl methyl sites for hydroxylation is 2. The van der Waals surface area contributed by atoms with Gasteiger partial charge in [-0.2, -0.15) is 5.10 Å². The maximum atomic E-state index is 5.37. The molecule has 0 saturated heterocycles. The van der Waals surface area contributed by atoms with Crippen LogP contribution >= 0.6 is 28.1 Å². The molecule has 1 aromatic carbocycles. The molecule has 0 aliphatic heterocycles. The Hall–Kier alpha value is -1.40. The standard InChI is InChI=1S/C19H27BrN4S/c1-5-13(2)16-7-9-17(10-8-16)22-19(25)21-11-6-12-24-15(4)18(20)14(3)23-24/h7-10,13H,5-6,11-12H2,1-4H3,(H2,21,22,25). The predicted octanol–water partition coefficient (Wildman–Crippen LogP) is 5.15. The summed E-state index contributed by atoms with van der Waals surface area (Å²) in [6, 6.07) is 8.51. The van der Waals surface area contributed by atoms with Crippen LogP contribution in [0.4, 0.5) is 5.69 Å². The van der Waals surface area contributed by atoms with E-state index in [0.29, 0.717) is 11.0 Å². The van der Waals surface area contributed by atoms with Gasteiger partial charge in [0.15, 0.2) is 5.11 Å². The van der Waals surface area contributed by atoms with E-state index in [1.165, 1.54) is 11.3 Å². The maximum absolute atomic E-state index is 5.37. The van der Waals surface area contributed by atoms with Gasteiger partial charge >= 0.3 is 0 Å². The highest BCUT2D eigenvalue weighted by Crippen LogP contribution is 2.21. The number of thiocarbonyl (C=S) groups is 1. The first-order chi connectivity index (χ1) is 11.9. The zero-order chi connectivity index (χ0) is 18.4. The summed E-state index contributed by atoms with van der Waals surface area (Å²) in [4.78, 5) is 0. The van der Waals surface area contributed by atoms with Crippen molar-refractivity contribution in [1.82, 2.24) is 15.1 Å². The molecule has 2 aromatic rings. The molecule has 0 radical (unpaired) electrons. The lowest BCUT2D eigenvalue weighted by molar-refractivity contribution is 0.558. The van der Waals surface area contributed by atoms with Gasteiger partial charge in [0.1, 0.15) is 0 Å². The Bertz CT molecular complexity index is 709. The van der Waals surface area contributed by atoms with E-state index in [4.69, 9.17) is 12.2 Å². The third kappa shape index (κ3) is 5.54. The molecule has 1 heterocycles. The van der Waals surface area contributed by atoms with E-state index in [9.17, 15) is 0 Å². The van der Waals surface area contributed by atoms with Crippen LogP contribution in [-0.4, -0.2) is 21.4 Å². The minimum Gasteiger partial charge on any atom is -0.362 e. The van der Waals surface area contributed by atoms with Crippen LogP contribution in [0.3, 0.4) is 0 Å². The lowest BCUT2D eigenvalue weighted by atomic mass is 9.99. The van der Waals surface area contributed by atoms with E-state index in [1.807, 2.05) is 11.6 Å². The van der Waals surface area contributed by atoms with E-state index in [0.717, 1.165) is 41.8 Å². The van der Waals surface area contributed by atoms with E-state index in [1.54, 1.807) is 0 Å². The van der Waals surface area contributed by atoms with Gasteiger partial charge in [0.2, 0.25) is 0 Å². The van der Waals surface area contributed by atoms with Crippen LogP contribution in [0.1, 0.15) is 49.6 Å². The molecular formula is C19H27BrN4S. The number of halogens is 1. The average Bonchev–Trinajstić information content (AvgIpc) is 2.85. The fourth-order valence-corrected chi connectivity index (χ4v) is 3.13. The van der Waals surface area contributed by atoms with Gasteiger partial charge in [-0.05, 0) is 78.5 Å². The summed E-state index contributed by atoms with van der Waals surface area (Å²) in [6.45, 7) is 10.2. The molecule has 25 heavy (non-hydrogen) atoms. The first kappa shape index (κ1) is 19.9. The zero-order valence-electron chi connectivity index (χ0n) is 15.4. The van der Waals surface area contributed by atoms with Crippen molar-refractivity contribution in [2.75, 3.05) is 11.9 Å². The van der Waals surface area contributed by atoms with Crippen LogP contribution in [-0.2, 0) is 6.54 Å². The Morgan fingerprint density at radius 1 is 1.28 bits per heavy atom. The van der Waals surface area contributed by atoms with E-state index >= 15 is 0 Å². The molecule has 0 spiro atoms. The Labute approximate surface area is 164 Å². The molecule has 0 saturated carbocycles. The molecule has 0 fully saturated rings. The maximum Gasteiger partial charge on any atom is 0.170 e. The minimum absolute atomic E-state index is 0.591. The van der Waals surface area contributed by atoms with Crippen LogP contribution in [0.25, 0.3) is 0 Å². The zero-order valence-corrected chi connectivity index (χ0v) is 17.8. The summed E-state index contributed by atoms with van der Waals surface area (Å²) in [5.74, 6) is 0.591. The first-order valence-corrected chi connectivity index (χ1v) is 9.96. The van der Waals surface area contributed by atoms with Crippen molar-refractivity contribution in [1.29, 1.82) is 0 Å². The summed E-state index contributed by atoms with van der Waals surface area (Å²) in [5, 5.41) is 11.7. The number of benzene rings is 1. The monoisotopic (exact) mass is 422 g/mol. The molecule has 0 amide bonds. The number of rotatable bonds is 7. The Morgan fingerprint density at radius 2 is 1.96 bits per heavy atom. The highest BCUT2D eigenvalue weighted by Gasteiger charge is 2.08. The topological polar surface area (TPSA) is 41.9 Å². The number of hydrogen-bond acceptors (Lipinski definition) is 2. The highest BCUT2D eigenvalue weighted by atomic mass is 79.9. The van der Waals surface area contributed by atoms with Crippen LogP contribution in [0.15, 0.2) is 28.7 Å². The van der Waals surface area contributed by atoms with Gasteiger partial charge < -0.3 is 10.6 Å². The molecule has 0 bridgehead atoms. The molecule has 1 unspecified atom stereocenters. The summed E-state index contributed by atoms with van der Waals surface area (Å²) in [7, 11) is 0. The van der Waals surface area contributed by atoms with Crippen LogP contribution in [0, 0.1) is 13.8 Å². The Balaban J connectivity index is 1.74. The molecule has 0 aliphatic rings. The third-order valence-corrected chi connectivity index (χ3v) is 5.87. The molecular weight excluding hydrogens is 396 g/mol. The SMILES string of the molecule is CCC(C)c1ccc(NC(=S)NCCCn2nc(C)c(Br)c2C)cc1. The van der Waals surface area contributed by atoms with Crippen molar-refractivity contribution in [2.45, 2.75) is 53.0 Å². The number of nitrogens with zero attached hydrogens (tertiary/aromatic N) is 2. The fraction of sp³-hybridized carbons (Fsp3) is 0.474. The molecule has 6 heteroatoms. The van der Waals surface area contributed by atoms with Gasteiger partial charge in [-0.1, -0.05) is 26.0 Å². The van der Waals surface area contributed by atoms with Gasteiger partial charge in [-0.15, -0.1) is 0 Å². The van der Waals surface area contributed by atoms with Crippen molar-refractivity contribution in [3.63, 3.8) is 0 Å². The van der Waals surface area contributed by atoms with E-state index < -0.39 is 0 Å². The van der Waals surface area contributed by atoms with Gasteiger partial charge in [-0.25, -0.2) is 0 Å². The normalized spacial score (nSPS) is 12.0. The summed E-state index contributed by atoms with van der Waals surface area (Å²) in [6.07, 6.45) is 2.11. The highest BCUT2D eigenvalue weighted by molar-refractivity contribution is 9.10. The fourth-order valence-electron chi connectivity index (χ4n) is 2.63. The van der Waals surface area contributed by atoms with Gasteiger partial charge in [0, 0.05) is 24.5 Å². The van der Waals surface area contributed by atoms with Crippen molar-refractivity contribution in [3.8, 4) is 0 Å². The molecule has 4 nitrogen and oxygen atoms in total. The Kier molecular flexibility index (Phi) is 7.44. The number of nitrogens with one attached hydrogen (secondary N) is 2. The van der Waals surface area contributed by atoms with E-state index in [-0.39, 0.29) is 0 Å². The second kappa shape index (κ2) is 9.34. The van der Waals surface area contributed by atoms with Crippen molar-refractivity contribution in [3.05, 3.63) is 45.7 Å². The largest absolute Gasteiger partial charge is 0.362 e. The Morgan fingerprint density at radius 3 is 2.52 bits per heavy atom. The second-order valence-electron chi connectivity index (χ2n) is 6.37. The summed E-state index contributed by atoms with van der Waals surface area (Å²) in [5.41, 5.74) is 4.58. The average molecular weight is 423 g/mol. The molecule has 136 valence electrons. The number of hydrogen-bond donors (Lipinski definition) is 2. The van der Waals surface area contributed by atoms with Crippen LogP contribution in [0.5, 0.6) is 0 Å². The van der Waals surface area contributed by atoms with E-state index in [2.05, 4.69) is 76.7 Å². The first-order valence-electron chi connectivity index (χ1n) is 8.76.